The van der Waals surface area contributed by atoms with E-state index < -0.39 is 0 Å². The van der Waals surface area contributed by atoms with Crippen LogP contribution in [0, 0.1) is 19.8 Å². The largest absolute Gasteiger partial charge is 0.361 e. The summed E-state index contributed by atoms with van der Waals surface area (Å²) in [5, 5.41) is 7.70. The maximum absolute atomic E-state index is 5.34. The molecule has 2 rings (SSSR count). The SMILES string of the molecule is Cc1noc(C)c1C(C)N1CC(C)NCC1C(C)C. The average Bonchev–Trinajstić information content (AvgIpc) is 2.67. The van der Waals surface area contributed by atoms with E-state index in [1.54, 1.807) is 0 Å². The zero-order chi connectivity index (χ0) is 14.2. The zero-order valence-electron chi connectivity index (χ0n) is 13.0. The molecular weight excluding hydrogens is 238 g/mol. The van der Waals surface area contributed by atoms with Crippen LogP contribution in [-0.4, -0.2) is 35.2 Å². The predicted octanol–water partition coefficient (Wildman–Crippen LogP) is 2.67. The molecule has 0 aliphatic carbocycles. The van der Waals surface area contributed by atoms with E-state index in [0.29, 0.717) is 24.0 Å². The number of hydrogen-bond donors (Lipinski definition) is 1. The van der Waals surface area contributed by atoms with E-state index in [1.807, 2.05) is 13.8 Å². The second-order valence-corrected chi connectivity index (χ2v) is 6.23. The molecule has 2 heterocycles. The fourth-order valence-corrected chi connectivity index (χ4v) is 3.27. The zero-order valence-corrected chi connectivity index (χ0v) is 13.0. The van der Waals surface area contributed by atoms with E-state index in [1.165, 1.54) is 5.56 Å². The van der Waals surface area contributed by atoms with Crippen molar-refractivity contribution in [3.05, 3.63) is 17.0 Å². The lowest BCUT2D eigenvalue weighted by molar-refractivity contribution is 0.0649. The van der Waals surface area contributed by atoms with Crippen molar-refractivity contribution in [2.24, 2.45) is 5.92 Å². The van der Waals surface area contributed by atoms with Gasteiger partial charge >= 0.3 is 0 Å². The predicted molar refractivity (Wildman–Crippen MR) is 77.2 cm³/mol. The Morgan fingerprint density at radius 1 is 1.32 bits per heavy atom. The van der Waals surface area contributed by atoms with Crippen LogP contribution < -0.4 is 5.32 Å². The highest BCUT2D eigenvalue weighted by molar-refractivity contribution is 5.25. The molecule has 1 aliphatic rings. The van der Waals surface area contributed by atoms with Gasteiger partial charge < -0.3 is 9.84 Å². The normalized spacial score (nSPS) is 26.9. The van der Waals surface area contributed by atoms with Crippen LogP contribution in [0.3, 0.4) is 0 Å². The average molecular weight is 265 g/mol. The maximum Gasteiger partial charge on any atom is 0.138 e. The maximum atomic E-state index is 5.34. The molecule has 0 aromatic carbocycles. The fraction of sp³-hybridized carbons (Fsp3) is 0.800. The summed E-state index contributed by atoms with van der Waals surface area (Å²) >= 11 is 0. The monoisotopic (exact) mass is 265 g/mol. The molecule has 1 aromatic heterocycles. The summed E-state index contributed by atoms with van der Waals surface area (Å²) in [6.07, 6.45) is 0. The fourth-order valence-electron chi connectivity index (χ4n) is 3.27. The summed E-state index contributed by atoms with van der Waals surface area (Å²) in [5.41, 5.74) is 2.29. The van der Waals surface area contributed by atoms with Crippen LogP contribution in [0.1, 0.15) is 50.8 Å². The van der Waals surface area contributed by atoms with Crippen molar-refractivity contribution in [2.45, 2.75) is 59.7 Å². The van der Waals surface area contributed by atoms with Gasteiger partial charge in [-0.2, -0.15) is 0 Å². The Hall–Kier alpha value is -0.870. The van der Waals surface area contributed by atoms with Gasteiger partial charge in [0.1, 0.15) is 5.76 Å². The van der Waals surface area contributed by atoms with Gasteiger partial charge in [0.05, 0.1) is 5.69 Å². The molecule has 4 nitrogen and oxygen atoms in total. The first-order chi connectivity index (χ1) is 8.91. The minimum atomic E-state index is 0.364. The van der Waals surface area contributed by atoms with Crippen LogP contribution in [0.25, 0.3) is 0 Å². The van der Waals surface area contributed by atoms with Crippen LogP contribution in [0.4, 0.5) is 0 Å². The number of aryl methyl sites for hydroxylation is 2. The smallest absolute Gasteiger partial charge is 0.138 e. The molecule has 1 aromatic rings. The van der Waals surface area contributed by atoms with Gasteiger partial charge in [0.15, 0.2) is 0 Å². The molecule has 0 radical (unpaired) electrons. The number of nitrogens with one attached hydrogen (secondary N) is 1. The molecule has 1 aliphatic heterocycles. The number of hydrogen-bond acceptors (Lipinski definition) is 4. The standard InChI is InChI=1S/C15H27N3O/c1-9(2)14-7-16-10(3)8-18(14)12(5)15-11(4)17-19-13(15)6/h9-10,12,14,16H,7-8H2,1-6H3. The van der Waals surface area contributed by atoms with Crippen molar-refractivity contribution >= 4 is 0 Å². The minimum Gasteiger partial charge on any atom is -0.361 e. The Morgan fingerprint density at radius 2 is 2.00 bits per heavy atom. The summed E-state index contributed by atoms with van der Waals surface area (Å²) < 4.78 is 5.34. The van der Waals surface area contributed by atoms with Gasteiger partial charge in [0.2, 0.25) is 0 Å². The molecule has 4 heteroatoms. The van der Waals surface area contributed by atoms with Gasteiger partial charge in [-0.1, -0.05) is 19.0 Å². The van der Waals surface area contributed by atoms with Crippen molar-refractivity contribution in [1.29, 1.82) is 0 Å². The molecule has 108 valence electrons. The van der Waals surface area contributed by atoms with E-state index in [4.69, 9.17) is 4.52 Å². The molecule has 3 atom stereocenters. The van der Waals surface area contributed by atoms with Crippen molar-refractivity contribution < 1.29 is 4.52 Å². The highest BCUT2D eigenvalue weighted by Crippen LogP contribution is 2.31. The van der Waals surface area contributed by atoms with Crippen LogP contribution in [0.15, 0.2) is 4.52 Å². The number of piperazine rings is 1. The summed E-state index contributed by atoms with van der Waals surface area (Å²) in [6.45, 7) is 15.3. The topological polar surface area (TPSA) is 41.3 Å². The Kier molecular flexibility index (Phi) is 4.31. The van der Waals surface area contributed by atoms with Gasteiger partial charge in [0.25, 0.3) is 0 Å². The Balaban J connectivity index is 2.26. The number of aromatic nitrogens is 1. The lowest BCUT2D eigenvalue weighted by Crippen LogP contribution is -2.57. The Morgan fingerprint density at radius 3 is 2.53 bits per heavy atom. The molecule has 0 amide bonds. The quantitative estimate of drug-likeness (QED) is 0.912. The third-order valence-electron chi connectivity index (χ3n) is 4.36. The van der Waals surface area contributed by atoms with Gasteiger partial charge in [-0.15, -0.1) is 0 Å². The molecule has 0 spiro atoms. The molecular formula is C15H27N3O. The van der Waals surface area contributed by atoms with E-state index in [-0.39, 0.29) is 0 Å². The van der Waals surface area contributed by atoms with Gasteiger partial charge in [-0.25, -0.2) is 0 Å². The van der Waals surface area contributed by atoms with Crippen molar-refractivity contribution in [1.82, 2.24) is 15.4 Å². The van der Waals surface area contributed by atoms with Crippen molar-refractivity contribution in [3.8, 4) is 0 Å². The lowest BCUT2D eigenvalue weighted by Gasteiger charge is -2.44. The lowest BCUT2D eigenvalue weighted by atomic mass is 9.94. The second-order valence-electron chi connectivity index (χ2n) is 6.23. The summed E-state index contributed by atoms with van der Waals surface area (Å²) in [4.78, 5) is 2.61. The number of nitrogens with zero attached hydrogens (tertiary/aromatic N) is 2. The van der Waals surface area contributed by atoms with Crippen LogP contribution in [0.2, 0.25) is 0 Å². The first-order valence-corrected chi connectivity index (χ1v) is 7.33. The minimum absolute atomic E-state index is 0.364. The van der Waals surface area contributed by atoms with Crippen LogP contribution in [-0.2, 0) is 0 Å². The molecule has 1 N–H and O–H groups in total. The molecule has 1 fully saturated rings. The first kappa shape index (κ1) is 14.5. The van der Waals surface area contributed by atoms with Crippen LogP contribution in [0.5, 0.6) is 0 Å². The summed E-state index contributed by atoms with van der Waals surface area (Å²) in [5.74, 6) is 1.60. The molecule has 1 saturated heterocycles. The molecule has 19 heavy (non-hydrogen) atoms. The van der Waals surface area contributed by atoms with Gasteiger partial charge in [0, 0.05) is 36.8 Å². The van der Waals surface area contributed by atoms with E-state index >= 15 is 0 Å². The Labute approximate surface area is 116 Å². The van der Waals surface area contributed by atoms with Gasteiger partial charge in [-0.05, 0) is 33.6 Å². The molecule has 0 saturated carbocycles. The molecule has 3 unspecified atom stereocenters. The summed E-state index contributed by atoms with van der Waals surface area (Å²) in [6, 6.07) is 1.47. The van der Waals surface area contributed by atoms with Crippen molar-refractivity contribution in [2.75, 3.05) is 13.1 Å². The second kappa shape index (κ2) is 5.63. The van der Waals surface area contributed by atoms with E-state index in [0.717, 1.165) is 24.5 Å². The van der Waals surface area contributed by atoms with Crippen molar-refractivity contribution in [3.63, 3.8) is 0 Å². The van der Waals surface area contributed by atoms with E-state index in [2.05, 4.69) is 43.1 Å². The third kappa shape index (κ3) is 2.84. The number of rotatable bonds is 3. The third-order valence-corrected chi connectivity index (χ3v) is 4.36. The highest BCUT2D eigenvalue weighted by atomic mass is 16.5. The van der Waals surface area contributed by atoms with Gasteiger partial charge in [-0.3, -0.25) is 4.90 Å². The van der Waals surface area contributed by atoms with E-state index in [9.17, 15) is 0 Å². The Bertz CT molecular complexity index is 408. The highest BCUT2D eigenvalue weighted by Gasteiger charge is 2.33. The van der Waals surface area contributed by atoms with Crippen LogP contribution >= 0.6 is 0 Å². The molecule has 0 bridgehead atoms. The first-order valence-electron chi connectivity index (χ1n) is 7.33. The summed E-state index contributed by atoms with van der Waals surface area (Å²) in [7, 11) is 0.